The second-order valence-electron chi connectivity index (χ2n) is 3.41. The number of ether oxygens (including phenoxy) is 2. The van der Waals surface area contributed by atoms with E-state index in [1.54, 1.807) is 0 Å². The van der Waals surface area contributed by atoms with Gasteiger partial charge in [0.2, 0.25) is 0 Å². The predicted molar refractivity (Wildman–Crippen MR) is 79.8 cm³/mol. The summed E-state index contributed by atoms with van der Waals surface area (Å²) in [5.74, 6) is -2.74. The van der Waals surface area contributed by atoms with Gasteiger partial charge < -0.3 is 19.1 Å². The van der Waals surface area contributed by atoms with Crippen LogP contribution in [-0.4, -0.2) is 102 Å². The molecule has 0 aliphatic carbocycles. The van der Waals surface area contributed by atoms with Gasteiger partial charge in [-0.2, -0.15) is 4.37 Å². The number of carbonyl (C=O) groups excluding carboxylic acids is 1. The molecule has 13 heteroatoms. The Kier molecular flexibility index (Phi) is 10.3. The van der Waals surface area contributed by atoms with E-state index >= 15 is 0 Å². The van der Waals surface area contributed by atoms with Gasteiger partial charge in [0.1, 0.15) is 0 Å². The first kappa shape index (κ1) is 22.3. The number of nitrogens with zero attached hydrogens (tertiary/aromatic N) is 1. The van der Waals surface area contributed by atoms with Crippen LogP contribution in [0.15, 0.2) is 4.21 Å². The van der Waals surface area contributed by atoms with Crippen molar-refractivity contribution in [1.29, 1.82) is 0 Å². The fourth-order valence-electron chi connectivity index (χ4n) is 1.00. The minimum absolute atomic E-state index is 0.366. The molecule has 1 rings (SSSR count). The van der Waals surface area contributed by atoms with Gasteiger partial charge in [-0.25, -0.2) is 18.0 Å². The molecule has 9 nitrogen and oxygen atoms in total. The summed E-state index contributed by atoms with van der Waals surface area (Å²) in [6, 6.07) is 0. The van der Waals surface area contributed by atoms with Crippen molar-refractivity contribution in [3.8, 4) is 5.88 Å². The van der Waals surface area contributed by atoms with Crippen LogP contribution in [0.25, 0.3) is 0 Å². The number of aromatic carboxylic acids is 1. The van der Waals surface area contributed by atoms with Crippen LogP contribution >= 0.6 is 11.5 Å². The molecule has 0 radical (unpaired) electrons. The van der Waals surface area contributed by atoms with Crippen molar-refractivity contribution in [3.05, 3.63) is 5.56 Å². The summed E-state index contributed by atoms with van der Waals surface area (Å²) in [7, 11) is -3.82. The molecule has 0 saturated carbocycles. The summed E-state index contributed by atoms with van der Waals surface area (Å²) in [6.07, 6.45) is 0.753. The van der Waals surface area contributed by atoms with Crippen LogP contribution < -0.4 is 4.74 Å². The number of hydrogen-bond acceptors (Lipinski definition) is 9. The Morgan fingerprint density at radius 1 is 1.45 bits per heavy atom. The summed E-state index contributed by atoms with van der Waals surface area (Å²) in [5, 5.41) is 8.95. The molecule has 1 unspecified atom stereocenters. The van der Waals surface area contributed by atoms with Crippen molar-refractivity contribution in [2.24, 2.45) is 0 Å². The molecule has 1 atom stereocenters. The van der Waals surface area contributed by atoms with E-state index < -0.39 is 54.7 Å². The van der Waals surface area contributed by atoms with Gasteiger partial charge in [0.05, 0.1) is 6.26 Å². The van der Waals surface area contributed by atoms with Gasteiger partial charge in [0.25, 0.3) is 11.8 Å². The van der Waals surface area contributed by atoms with E-state index in [1.165, 1.54) is 6.26 Å². The molecule has 0 aromatic carbocycles. The predicted octanol–water partition coefficient (Wildman–Crippen LogP) is 0.299. The van der Waals surface area contributed by atoms with Crippen molar-refractivity contribution < 1.29 is 37.1 Å². The van der Waals surface area contributed by atoms with Crippen LogP contribution in [-0.2, 0) is 25.7 Å². The molecular weight excluding hydrogens is 385 g/mol. The number of carboxylic acids is 1. The normalized spacial score (nSPS) is 11.9. The van der Waals surface area contributed by atoms with Crippen molar-refractivity contribution >= 4 is 93.6 Å². The molecule has 1 aromatic heterocycles. The average Bonchev–Trinajstić information content (AvgIpc) is 2.82. The van der Waals surface area contributed by atoms with Crippen molar-refractivity contribution in [1.82, 2.24) is 4.37 Å². The molecule has 0 saturated heterocycles. The molecule has 22 heavy (non-hydrogen) atoms. The molecule has 1 aromatic rings. The minimum atomic E-state index is -3.82. The zero-order chi connectivity index (χ0) is 17.5. The van der Waals surface area contributed by atoms with E-state index in [-0.39, 0.29) is 0 Å². The number of hydrogen-bond donors (Lipinski definition) is 1. The molecule has 1 N–H and O–H groups in total. The molecule has 0 aliphatic rings. The Bertz CT molecular complexity index is 627. The third-order valence-corrected chi connectivity index (χ3v) is 4.79. The first-order chi connectivity index (χ1) is 10.1. The third kappa shape index (κ3) is 7.23. The van der Waals surface area contributed by atoms with Gasteiger partial charge in [0.15, 0.2) is 19.6 Å². The molecule has 0 aliphatic heterocycles. The Labute approximate surface area is 168 Å². The molecule has 1 heterocycles. The number of rotatable bonds is 5. The first-order valence-corrected chi connectivity index (χ1v) is 13.2. The van der Waals surface area contributed by atoms with Crippen LogP contribution in [0.2, 0.25) is 1.02 Å². The Hall–Kier alpha value is 0.266. The summed E-state index contributed by atoms with van der Waals surface area (Å²) in [6.45, 7) is 0. The first-order valence-electron chi connectivity index (χ1n) is 5.70. The van der Waals surface area contributed by atoms with Crippen molar-refractivity contribution in [2.75, 3.05) is 18.5 Å². The number of carbonyl (C=O) groups is 2. The zero-order valence-corrected chi connectivity index (χ0v) is 17.8. The summed E-state index contributed by atoms with van der Waals surface area (Å²) in [4.78, 5) is 22.2. The molecule has 0 bridgehead atoms. The van der Waals surface area contributed by atoms with Crippen LogP contribution in [0, 0.1) is 0 Å². The maximum atomic E-state index is 11.4. The van der Waals surface area contributed by atoms with Crippen LogP contribution in [0.5, 0.6) is 5.88 Å². The molecule has 0 spiro atoms. The Morgan fingerprint density at radius 2 is 2.00 bits per heavy atom. The molecule has 0 fully saturated rings. The summed E-state index contributed by atoms with van der Waals surface area (Å²) < 4.78 is 47.4. The van der Waals surface area contributed by atoms with E-state index in [0.29, 0.717) is 11.5 Å². The summed E-state index contributed by atoms with van der Waals surface area (Å²) in [5.41, 5.74) is -0.743. The standard InChI is InChI=1S/C8H9NO8S3.CH3.K/c1-19(13)3-16-8(12)17-5-4(6(10)11)7(18-9-5)20(2,14)15;;/h3H2,1-2H3,(H,10,11);1H3;. The van der Waals surface area contributed by atoms with Gasteiger partial charge in [-0.15, -0.1) is 0 Å². The van der Waals surface area contributed by atoms with E-state index in [0.717, 1.165) is 55.2 Å². The van der Waals surface area contributed by atoms with Gasteiger partial charge in [-0.05, 0) is 22.7 Å². The zero-order valence-electron chi connectivity index (χ0n) is 12.2. The maximum absolute atomic E-state index is 11.4. The van der Waals surface area contributed by atoms with E-state index in [4.69, 9.17) is 5.11 Å². The Morgan fingerprint density at radius 3 is 2.41 bits per heavy atom. The van der Waals surface area contributed by atoms with E-state index in [9.17, 15) is 22.6 Å². The van der Waals surface area contributed by atoms with E-state index in [1.807, 2.05) is 0 Å². The molecular formula is C9H12KNO8S3. The monoisotopic (exact) mass is 397 g/mol. The number of aromatic nitrogens is 1. The van der Waals surface area contributed by atoms with Crippen LogP contribution in [0.4, 0.5) is 4.79 Å². The van der Waals surface area contributed by atoms with Crippen LogP contribution in [0.3, 0.4) is 0 Å². The van der Waals surface area contributed by atoms with Gasteiger partial charge in [-0.1, -0.05) is 0 Å². The second kappa shape index (κ2) is 10.2. The molecule has 0 amide bonds. The van der Waals surface area contributed by atoms with Crippen LogP contribution in [0.1, 0.15) is 10.4 Å². The van der Waals surface area contributed by atoms with Gasteiger partial charge in [-0.3, -0.25) is 0 Å². The quantitative estimate of drug-likeness (QED) is 0.421. The number of carboxylic acid groups (broad SMARTS) is 1. The van der Waals surface area contributed by atoms with Gasteiger partial charge in [0, 0.05) is 6.26 Å². The van der Waals surface area contributed by atoms with Crippen molar-refractivity contribution in [3.63, 3.8) is 0 Å². The molecule has 120 valence electrons. The topological polar surface area (TPSA) is 143 Å². The van der Waals surface area contributed by atoms with E-state index in [2.05, 4.69) is 14.9 Å². The SMILES string of the molecule is C[S+]([O-])COC(=O)Oc1nsc(S(C)(=O)=O)c1C(=O)O.[CH3][K]. The third-order valence-electron chi connectivity index (χ3n) is 1.70. The number of sulfone groups is 1. The fourth-order valence-corrected chi connectivity index (χ4v) is 3.02. The van der Waals surface area contributed by atoms with Crippen molar-refractivity contribution in [2.45, 2.75) is 5.23 Å². The van der Waals surface area contributed by atoms with Gasteiger partial charge >= 0.3 is 62.1 Å². The average molecular weight is 397 g/mol. The summed E-state index contributed by atoms with van der Waals surface area (Å²) >= 11 is 0.00854. The second-order valence-corrected chi connectivity index (χ2v) is 7.78. The fraction of sp³-hybridized carbons (Fsp3) is 0.444. The Balaban J connectivity index is 0.00000211.